The average Bonchev–Trinajstić information content (AvgIpc) is 0.774. The molecule has 29 heteroatoms. The zero-order valence-electron chi connectivity index (χ0n) is 56.4. The van der Waals surface area contributed by atoms with Crippen LogP contribution in [-0.2, 0) is 75.0 Å². The minimum atomic E-state index is -1.82. The Hall–Kier alpha value is -6.56. The fourth-order valence-electron chi connectivity index (χ4n) is 14.2. The van der Waals surface area contributed by atoms with Gasteiger partial charge >= 0.3 is 17.2 Å². The number of nitrogens with zero attached hydrogens (tertiary/aromatic N) is 1. The zero-order valence-corrected chi connectivity index (χ0v) is 56.4. The second-order valence-corrected chi connectivity index (χ2v) is 27.0. The van der Waals surface area contributed by atoms with Crippen LogP contribution in [0, 0.1) is 17.8 Å². The molecule has 0 radical (unpaired) electrons. The summed E-state index contributed by atoms with van der Waals surface area (Å²) >= 11 is 0. The van der Waals surface area contributed by atoms with Crippen LogP contribution in [0.4, 0.5) is 0 Å². The molecular weight excluding hydrogens is 1320 g/mol. The molecular formula is C72H92N2O27. The Morgan fingerprint density at radius 2 is 1.18 bits per heavy atom. The summed E-state index contributed by atoms with van der Waals surface area (Å²) in [6.07, 6.45) is -29.6. The topological polar surface area (TPSA) is 418 Å². The summed E-state index contributed by atoms with van der Waals surface area (Å²) in [5.41, 5.74) is -0.521. The lowest BCUT2D eigenvalue weighted by Crippen LogP contribution is -2.64. The van der Waals surface area contributed by atoms with Crippen LogP contribution in [0.25, 0.3) is 21.9 Å². The molecule has 6 fully saturated rings. The standard InChI is InChI=1S/C72H92N2O27/c1-4-15-48(66(86)74-24-14-25-74)93-63-57(81)53(33-76)99-72(64(63)100-67(87)38-16-7-6-8-17-38)97-51-29-41(26-37(5-2)61(51)101-70-59(83)58(82)54(78)36(3)92-70)45(77)20-13-23-73-65(85)42-30-49(90-34-43-27-39-18-9-11-21-46(39)94-68(43)88)55(79)50(31-42)96-71-60(84)62(56(80)52(32-75)98-71)91-35-44-28-40-19-10-12-22-47(40)95-69(44)89/h6-12,16-19,21-22,27-28,36-37,41-42,48-64,70-72,75-76,78-84H,4-5,13-15,20,23-26,29-35H2,1-3H3,(H,73,85)/t36?,37-,41?,42+,48+,49?,50-,51-,52?,53+,54-,55?,56+,57+,58+,59?,60?,61?,62-,63?,64?,70+,71-,72-/m1/s1. The number of likely N-dealkylation sites (tertiary alicyclic amines) is 1. The highest BCUT2D eigenvalue weighted by Gasteiger charge is 2.55. The Morgan fingerprint density at radius 1 is 0.594 bits per heavy atom. The number of benzene rings is 3. The quantitative estimate of drug-likeness (QED) is 0.0193. The number of rotatable bonds is 28. The van der Waals surface area contributed by atoms with Gasteiger partial charge in [-0.25, -0.2) is 14.4 Å². The van der Waals surface area contributed by atoms with Crippen LogP contribution in [0.15, 0.2) is 109 Å². The molecule has 4 aliphatic heterocycles. The molecule has 10 N–H and O–H groups in total. The lowest BCUT2D eigenvalue weighted by molar-refractivity contribution is -0.349. The Balaban J connectivity index is 0.804. The molecule has 101 heavy (non-hydrogen) atoms. The van der Waals surface area contributed by atoms with Crippen molar-refractivity contribution in [3.63, 3.8) is 0 Å². The summed E-state index contributed by atoms with van der Waals surface area (Å²) in [5.74, 6) is -4.40. The van der Waals surface area contributed by atoms with Crippen LogP contribution in [0.2, 0.25) is 0 Å². The summed E-state index contributed by atoms with van der Waals surface area (Å²) in [6.45, 7) is 3.70. The number of hydrogen-bond donors (Lipinski definition) is 10. The van der Waals surface area contributed by atoms with E-state index in [-0.39, 0.29) is 86.5 Å². The van der Waals surface area contributed by atoms with E-state index in [4.69, 9.17) is 56.2 Å². The minimum Gasteiger partial charge on any atom is -0.450 e. The van der Waals surface area contributed by atoms with Gasteiger partial charge in [0, 0.05) is 48.7 Å². The van der Waals surface area contributed by atoms with Crippen molar-refractivity contribution >= 4 is 45.5 Å². The molecule has 2 aliphatic carbocycles. The molecule has 11 rings (SSSR count). The van der Waals surface area contributed by atoms with Crippen LogP contribution in [0.5, 0.6) is 0 Å². The van der Waals surface area contributed by atoms with E-state index in [1.165, 1.54) is 19.1 Å². The van der Waals surface area contributed by atoms with Gasteiger partial charge in [-0.05, 0) is 94.2 Å². The van der Waals surface area contributed by atoms with Gasteiger partial charge < -0.3 is 112 Å². The molecule has 5 aromatic rings. The number of Topliss-reactive ketones (excluding diaryl/α,β-unsaturated/α-hetero) is 1. The molecule has 29 nitrogen and oxygen atoms in total. The van der Waals surface area contributed by atoms with Gasteiger partial charge in [0.25, 0.3) is 5.91 Å². The number of fused-ring (bicyclic) bond motifs is 2. The summed E-state index contributed by atoms with van der Waals surface area (Å²) in [6, 6.07) is 24.6. The van der Waals surface area contributed by atoms with Crippen molar-refractivity contribution in [2.24, 2.45) is 17.8 Å². The predicted octanol–water partition coefficient (Wildman–Crippen LogP) is 1.55. The Labute approximate surface area is 581 Å². The number of ketones is 1. The molecule has 3 aromatic carbocycles. The Kier molecular flexibility index (Phi) is 25.7. The largest absolute Gasteiger partial charge is 0.450 e. The van der Waals surface area contributed by atoms with E-state index in [1.54, 1.807) is 83.8 Å². The van der Waals surface area contributed by atoms with Crippen LogP contribution in [0.1, 0.15) is 106 Å². The summed E-state index contributed by atoms with van der Waals surface area (Å²) < 4.78 is 73.7. The third kappa shape index (κ3) is 17.5. The average molecular weight is 1420 g/mol. The molecule has 6 heterocycles. The number of nitrogens with one attached hydrogen (secondary N) is 1. The van der Waals surface area contributed by atoms with E-state index in [1.807, 2.05) is 13.8 Å². The van der Waals surface area contributed by atoms with Crippen molar-refractivity contribution in [3.05, 3.63) is 129 Å². The number of aliphatic hydroxyl groups is 9. The van der Waals surface area contributed by atoms with Gasteiger partial charge in [-0.3, -0.25) is 14.4 Å². The molecule has 0 bridgehead atoms. The molecule has 0 spiro atoms. The third-order valence-electron chi connectivity index (χ3n) is 20.2. The van der Waals surface area contributed by atoms with Gasteiger partial charge in [-0.15, -0.1) is 0 Å². The monoisotopic (exact) mass is 1420 g/mol. The maximum absolute atomic E-state index is 14.8. The fourth-order valence-corrected chi connectivity index (χ4v) is 14.2. The number of amides is 2. The van der Waals surface area contributed by atoms with Crippen LogP contribution < -0.4 is 16.6 Å². The normalized spacial score (nSPS) is 34.1. The maximum atomic E-state index is 14.8. The molecule has 2 aromatic heterocycles. The first-order valence-electron chi connectivity index (χ1n) is 34.8. The number of aliphatic hydroxyl groups excluding tert-OH is 9. The van der Waals surface area contributed by atoms with Crippen molar-refractivity contribution in [3.8, 4) is 0 Å². The highest BCUT2D eigenvalue weighted by Crippen LogP contribution is 2.42. The first-order chi connectivity index (χ1) is 48.7. The number of para-hydroxylation sites is 2. The van der Waals surface area contributed by atoms with E-state index < -0.39 is 189 Å². The zero-order chi connectivity index (χ0) is 71.8. The minimum absolute atomic E-state index is 0.0529. The number of esters is 1. The summed E-state index contributed by atoms with van der Waals surface area (Å²) in [7, 11) is 0. The molecule has 6 aliphatic rings. The molecule has 10 unspecified atom stereocenters. The van der Waals surface area contributed by atoms with Crippen molar-refractivity contribution in [1.29, 1.82) is 0 Å². The molecule has 552 valence electrons. The van der Waals surface area contributed by atoms with Gasteiger partial charge in [0.05, 0.1) is 73.6 Å². The van der Waals surface area contributed by atoms with E-state index in [0.717, 1.165) is 6.42 Å². The van der Waals surface area contributed by atoms with E-state index in [0.29, 0.717) is 47.9 Å². The fraction of sp³-hybridized carbons (Fsp3) is 0.611. The van der Waals surface area contributed by atoms with Crippen LogP contribution >= 0.6 is 0 Å². The third-order valence-corrected chi connectivity index (χ3v) is 20.2. The van der Waals surface area contributed by atoms with Gasteiger partial charge in [-0.1, -0.05) is 81.3 Å². The summed E-state index contributed by atoms with van der Waals surface area (Å²) in [4.78, 5) is 85.1. The molecule has 2 saturated carbocycles. The first-order valence-corrected chi connectivity index (χ1v) is 34.8. The van der Waals surface area contributed by atoms with E-state index in [2.05, 4.69) is 5.32 Å². The molecule has 4 saturated heterocycles. The highest BCUT2D eigenvalue weighted by molar-refractivity contribution is 5.89. The van der Waals surface area contributed by atoms with Gasteiger partial charge in [0.2, 0.25) is 5.91 Å². The smallest absolute Gasteiger partial charge is 0.341 e. The highest BCUT2D eigenvalue weighted by atomic mass is 16.8. The van der Waals surface area contributed by atoms with Gasteiger partial charge in [0.1, 0.15) is 90.2 Å². The second kappa shape index (κ2) is 34.4. The predicted molar refractivity (Wildman–Crippen MR) is 352 cm³/mol. The number of hydrogen-bond acceptors (Lipinski definition) is 27. The number of carbonyl (C=O) groups is 4. The maximum Gasteiger partial charge on any atom is 0.341 e. The summed E-state index contributed by atoms with van der Waals surface area (Å²) in [5, 5.41) is 105. The van der Waals surface area contributed by atoms with Crippen LogP contribution in [0.3, 0.4) is 0 Å². The lowest BCUT2D eigenvalue weighted by Gasteiger charge is -2.49. The van der Waals surface area contributed by atoms with Crippen molar-refractivity contribution in [2.75, 3.05) is 32.8 Å². The molecule has 24 atom stereocenters. The SMILES string of the molecule is CCC[C@H](OC1C(OC(=O)c2ccccc2)[C@H](O[C@@H]2CC(C(=O)CCCNC(=O)[C@H]3CC(OCc4cc5ccccc5oc4=O)C(O)[C@H](O[C@@H]4OC(CO)[C@H](O)[C@@H](OCc5cc6ccccc6oc5=O)C4O)C3)C[C@@H](CC)C2O[C@@H]2OC(C)[C@@H](O)[C@H](O)C2O)O[C@@H](CO)[C@@H]1O)C(=O)N1CCC1. The Bertz CT molecular complexity index is 3700. The Morgan fingerprint density at radius 3 is 1.80 bits per heavy atom. The van der Waals surface area contributed by atoms with Crippen molar-refractivity contribution < 1.29 is 121 Å². The van der Waals surface area contributed by atoms with E-state index in [9.17, 15) is 74.7 Å². The van der Waals surface area contributed by atoms with Gasteiger partial charge in [-0.2, -0.15) is 0 Å². The van der Waals surface area contributed by atoms with Gasteiger partial charge in [0.15, 0.2) is 25.0 Å². The first kappa shape index (κ1) is 75.6. The van der Waals surface area contributed by atoms with Crippen LogP contribution in [-0.4, -0.2) is 236 Å². The van der Waals surface area contributed by atoms with Crippen molar-refractivity contribution in [1.82, 2.24) is 10.2 Å². The number of ether oxygens (including phenoxy) is 10. The molecule has 2 amide bonds. The lowest BCUT2D eigenvalue weighted by atomic mass is 9.74. The van der Waals surface area contributed by atoms with Crippen molar-refractivity contribution in [2.45, 2.75) is 227 Å². The van der Waals surface area contributed by atoms with E-state index >= 15 is 0 Å². The number of carbonyl (C=O) groups excluding carboxylic acids is 4. The second-order valence-electron chi connectivity index (χ2n) is 27.0.